The van der Waals surface area contributed by atoms with Crippen LogP contribution in [-0.4, -0.2) is 27.7 Å². The molecule has 0 fully saturated rings. The molecule has 1 N–H and O–H groups in total. The molecule has 3 aromatic carbocycles. The lowest BCUT2D eigenvalue weighted by molar-refractivity contribution is -0.137. The van der Waals surface area contributed by atoms with E-state index in [0.717, 1.165) is 22.3 Å². The van der Waals surface area contributed by atoms with Crippen LogP contribution in [0.2, 0.25) is 0 Å². The summed E-state index contributed by atoms with van der Waals surface area (Å²) in [6, 6.07) is 22.3. The van der Waals surface area contributed by atoms with E-state index in [1.807, 2.05) is 72.8 Å². The van der Waals surface area contributed by atoms with Crippen LogP contribution in [0.3, 0.4) is 0 Å². The number of ether oxygens (including phenoxy) is 2. The number of hydrogen-bond donors (Lipinski definition) is 1. The molecule has 0 bridgehead atoms. The van der Waals surface area contributed by atoms with E-state index in [1.165, 1.54) is 0 Å². The first-order chi connectivity index (χ1) is 13.6. The molecule has 4 rings (SSSR count). The van der Waals surface area contributed by atoms with Crippen molar-refractivity contribution >= 4 is 17.0 Å². The average molecular weight is 374 g/mol. The molecule has 0 atom stereocenters. The Labute approximate surface area is 161 Å². The summed E-state index contributed by atoms with van der Waals surface area (Å²) in [6.45, 7) is -0.153. The minimum atomic E-state index is -0.913. The Morgan fingerprint density at radius 3 is 2.18 bits per heavy atom. The molecular weight excluding hydrogens is 356 g/mol. The van der Waals surface area contributed by atoms with Crippen molar-refractivity contribution in [3.63, 3.8) is 0 Å². The molecule has 1 aromatic heterocycles. The van der Waals surface area contributed by atoms with E-state index in [0.29, 0.717) is 17.3 Å². The zero-order valence-electron chi connectivity index (χ0n) is 15.2. The van der Waals surface area contributed by atoms with Crippen molar-refractivity contribution < 1.29 is 19.4 Å². The van der Waals surface area contributed by atoms with Crippen molar-refractivity contribution in [2.75, 3.05) is 7.11 Å². The molecule has 0 spiro atoms. The summed E-state index contributed by atoms with van der Waals surface area (Å²) in [7, 11) is 1.62. The lowest BCUT2D eigenvalue weighted by Gasteiger charge is -2.09. The molecular formula is C22H18N2O4. The number of carboxylic acid groups (broad SMARTS) is 1. The van der Waals surface area contributed by atoms with E-state index in [4.69, 9.17) is 9.47 Å². The second kappa shape index (κ2) is 7.44. The largest absolute Gasteiger partial charge is 0.497 e. The molecule has 4 aromatic rings. The van der Waals surface area contributed by atoms with Crippen LogP contribution in [-0.2, 0) is 11.3 Å². The van der Waals surface area contributed by atoms with Crippen molar-refractivity contribution in [3.8, 4) is 28.6 Å². The zero-order chi connectivity index (χ0) is 19.5. The standard InChI is InChI=1S/C22H18N2O4/c1-27-16-10-12-18(13-11-16)28-17-8-6-15(7-9-17)22-23-19-4-2-3-5-20(19)24(22)14-21(25)26/h2-13H,14H2,1H3,(H,25,26). The second-order valence-electron chi connectivity index (χ2n) is 6.21. The van der Waals surface area contributed by atoms with Gasteiger partial charge in [-0.15, -0.1) is 0 Å². The van der Waals surface area contributed by atoms with Crippen molar-refractivity contribution in [2.45, 2.75) is 6.54 Å². The predicted molar refractivity (Wildman–Crippen MR) is 106 cm³/mol. The van der Waals surface area contributed by atoms with E-state index in [1.54, 1.807) is 11.7 Å². The van der Waals surface area contributed by atoms with Gasteiger partial charge in [0.2, 0.25) is 0 Å². The van der Waals surface area contributed by atoms with Crippen molar-refractivity contribution in [3.05, 3.63) is 72.8 Å². The highest BCUT2D eigenvalue weighted by atomic mass is 16.5. The Hall–Kier alpha value is -3.80. The van der Waals surface area contributed by atoms with Crippen LogP contribution >= 0.6 is 0 Å². The van der Waals surface area contributed by atoms with Gasteiger partial charge in [0.1, 0.15) is 29.6 Å². The van der Waals surface area contributed by atoms with Crippen LogP contribution in [0.4, 0.5) is 0 Å². The fraction of sp³-hybridized carbons (Fsp3) is 0.0909. The van der Waals surface area contributed by atoms with Gasteiger partial charge < -0.3 is 19.1 Å². The number of aromatic nitrogens is 2. The van der Waals surface area contributed by atoms with E-state index in [9.17, 15) is 9.90 Å². The molecule has 0 amide bonds. The van der Waals surface area contributed by atoms with Crippen LogP contribution in [0.15, 0.2) is 72.8 Å². The number of nitrogens with zero attached hydrogens (tertiary/aromatic N) is 2. The minimum absolute atomic E-state index is 0.153. The van der Waals surface area contributed by atoms with Gasteiger partial charge in [0.15, 0.2) is 0 Å². The number of aliphatic carboxylic acids is 1. The SMILES string of the molecule is COc1ccc(Oc2ccc(-c3nc4ccccc4n3CC(=O)O)cc2)cc1. The van der Waals surface area contributed by atoms with Gasteiger partial charge in [-0.05, 0) is 60.7 Å². The summed E-state index contributed by atoms with van der Waals surface area (Å²) in [5.41, 5.74) is 2.37. The smallest absolute Gasteiger partial charge is 0.323 e. The number of carboxylic acids is 1. The number of hydrogen-bond acceptors (Lipinski definition) is 4. The van der Waals surface area contributed by atoms with E-state index < -0.39 is 5.97 Å². The Morgan fingerprint density at radius 2 is 1.54 bits per heavy atom. The summed E-state index contributed by atoms with van der Waals surface area (Å²) in [5, 5.41) is 9.28. The second-order valence-corrected chi connectivity index (χ2v) is 6.21. The molecule has 1 heterocycles. The summed E-state index contributed by atoms with van der Waals surface area (Å²) in [6.07, 6.45) is 0. The molecule has 0 aliphatic carbocycles. The van der Waals surface area contributed by atoms with Crippen LogP contribution in [0, 0.1) is 0 Å². The lowest BCUT2D eigenvalue weighted by Crippen LogP contribution is -2.09. The number of methoxy groups -OCH3 is 1. The zero-order valence-corrected chi connectivity index (χ0v) is 15.2. The molecule has 0 unspecified atom stereocenters. The van der Waals surface area contributed by atoms with Crippen LogP contribution < -0.4 is 9.47 Å². The number of benzene rings is 3. The molecule has 28 heavy (non-hydrogen) atoms. The van der Waals surface area contributed by atoms with Gasteiger partial charge >= 0.3 is 5.97 Å². The van der Waals surface area contributed by atoms with Gasteiger partial charge in [0.05, 0.1) is 18.1 Å². The average Bonchev–Trinajstić information content (AvgIpc) is 3.07. The number of carbonyl (C=O) groups is 1. The molecule has 0 saturated carbocycles. The highest BCUT2D eigenvalue weighted by Gasteiger charge is 2.14. The Morgan fingerprint density at radius 1 is 0.929 bits per heavy atom. The maximum absolute atomic E-state index is 11.3. The van der Waals surface area contributed by atoms with Crippen LogP contribution in [0.25, 0.3) is 22.4 Å². The maximum atomic E-state index is 11.3. The normalized spacial score (nSPS) is 10.8. The van der Waals surface area contributed by atoms with Gasteiger partial charge in [0, 0.05) is 5.56 Å². The first kappa shape index (κ1) is 17.6. The summed E-state index contributed by atoms with van der Waals surface area (Å²) in [5.74, 6) is 1.84. The van der Waals surface area contributed by atoms with Crippen molar-refractivity contribution in [1.29, 1.82) is 0 Å². The Bertz CT molecular complexity index is 1120. The molecule has 6 heteroatoms. The van der Waals surface area contributed by atoms with Crippen LogP contribution in [0.1, 0.15) is 0 Å². The third-order valence-corrected chi connectivity index (χ3v) is 4.36. The molecule has 6 nitrogen and oxygen atoms in total. The summed E-state index contributed by atoms with van der Waals surface area (Å²) in [4.78, 5) is 15.9. The first-order valence-corrected chi connectivity index (χ1v) is 8.73. The van der Waals surface area contributed by atoms with E-state index in [-0.39, 0.29) is 6.54 Å². The van der Waals surface area contributed by atoms with E-state index in [2.05, 4.69) is 4.98 Å². The summed E-state index contributed by atoms with van der Waals surface area (Å²) >= 11 is 0. The third kappa shape index (κ3) is 3.53. The first-order valence-electron chi connectivity index (χ1n) is 8.73. The fourth-order valence-corrected chi connectivity index (χ4v) is 3.04. The lowest BCUT2D eigenvalue weighted by atomic mass is 10.2. The number of rotatable bonds is 6. The molecule has 140 valence electrons. The van der Waals surface area contributed by atoms with Gasteiger partial charge in [-0.25, -0.2) is 4.98 Å². The third-order valence-electron chi connectivity index (χ3n) is 4.36. The van der Waals surface area contributed by atoms with Gasteiger partial charge in [-0.2, -0.15) is 0 Å². The van der Waals surface area contributed by atoms with Crippen molar-refractivity contribution in [1.82, 2.24) is 9.55 Å². The number of fused-ring (bicyclic) bond motifs is 1. The number of para-hydroxylation sites is 2. The topological polar surface area (TPSA) is 73.6 Å². The minimum Gasteiger partial charge on any atom is -0.497 e. The quantitative estimate of drug-likeness (QED) is 0.534. The van der Waals surface area contributed by atoms with E-state index >= 15 is 0 Å². The molecule has 0 saturated heterocycles. The maximum Gasteiger partial charge on any atom is 0.323 e. The predicted octanol–water partition coefficient (Wildman–Crippen LogP) is 4.59. The highest BCUT2D eigenvalue weighted by Crippen LogP contribution is 2.29. The van der Waals surface area contributed by atoms with Gasteiger partial charge in [0.25, 0.3) is 0 Å². The van der Waals surface area contributed by atoms with Crippen LogP contribution in [0.5, 0.6) is 17.2 Å². The summed E-state index contributed by atoms with van der Waals surface area (Å²) < 4.78 is 12.7. The highest BCUT2D eigenvalue weighted by molar-refractivity contribution is 5.82. The monoisotopic (exact) mass is 374 g/mol. The molecule has 0 radical (unpaired) electrons. The molecule has 0 aliphatic rings. The number of imidazole rings is 1. The van der Waals surface area contributed by atoms with Crippen molar-refractivity contribution in [2.24, 2.45) is 0 Å². The Kier molecular flexibility index (Phi) is 4.68. The van der Waals surface area contributed by atoms with Gasteiger partial charge in [-0.3, -0.25) is 4.79 Å². The van der Waals surface area contributed by atoms with Gasteiger partial charge in [-0.1, -0.05) is 12.1 Å². The molecule has 0 aliphatic heterocycles. The Balaban J connectivity index is 1.64. The fourth-order valence-electron chi connectivity index (χ4n) is 3.04.